The molecule has 1 N–H and O–H groups in total. The Morgan fingerprint density at radius 1 is 1.07 bits per heavy atom. The molecule has 0 bridgehead atoms. The van der Waals surface area contributed by atoms with Gasteiger partial charge in [-0.2, -0.15) is 5.10 Å². The molecular formula is C22H23N3OS2. The Bertz CT molecular complexity index is 976. The zero-order chi connectivity index (χ0) is 19.5. The summed E-state index contributed by atoms with van der Waals surface area (Å²) in [5.41, 5.74) is 5.76. The van der Waals surface area contributed by atoms with E-state index in [0.717, 1.165) is 22.8 Å². The number of hydrogen-bond acceptors (Lipinski definition) is 4. The third-order valence-corrected chi connectivity index (χ3v) is 7.64. The van der Waals surface area contributed by atoms with Gasteiger partial charge in [0.2, 0.25) is 0 Å². The van der Waals surface area contributed by atoms with E-state index in [1.54, 1.807) is 0 Å². The average molecular weight is 410 g/mol. The zero-order valence-corrected chi connectivity index (χ0v) is 17.6. The highest BCUT2D eigenvalue weighted by molar-refractivity contribution is 8.16. The van der Waals surface area contributed by atoms with Crippen LogP contribution < -0.4 is 5.32 Å². The van der Waals surface area contributed by atoms with Gasteiger partial charge in [0.05, 0.1) is 16.0 Å². The summed E-state index contributed by atoms with van der Waals surface area (Å²) in [5, 5.41) is 7.52. The number of nitrogens with one attached hydrogen (secondary N) is 1. The molecule has 1 aromatic heterocycles. The van der Waals surface area contributed by atoms with Crippen LogP contribution in [0.25, 0.3) is 5.69 Å². The summed E-state index contributed by atoms with van der Waals surface area (Å²) >= 11 is 3.97. The van der Waals surface area contributed by atoms with Crippen molar-refractivity contribution in [3.63, 3.8) is 0 Å². The van der Waals surface area contributed by atoms with Crippen LogP contribution in [0.5, 0.6) is 0 Å². The third kappa shape index (κ3) is 4.28. The van der Waals surface area contributed by atoms with Crippen molar-refractivity contribution in [1.82, 2.24) is 9.78 Å². The number of nitrogens with zero attached hydrogens (tertiary/aromatic N) is 2. The lowest BCUT2D eigenvalue weighted by atomic mass is 10.1. The molecule has 0 unspecified atom stereocenters. The summed E-state index contributed by atoms with van der Waals surface area (Å²) < 4.78 is 2.35. The topological polar surface area (TPSA) is 46.9 Å². The Hall–Kier alpha value is -2.18. The molecule has 0 aliphatic carbocycles. The van der Waals surface area contributed by atoms with Crippen molar-refractivity contribution in [3.05, 3.63) is 77.1 Å². The molecule has 0 atom stereocenters. The van der Waals surface area contributed by atoms with Gasteiger partial charge in [-0.1, -0.05) is 12.1 Å². The number of thioether (sulfide) groups is 2. The van der Waals surface area contributed by atoms with Gasteiger partial charge in [-0.25, -0.2) is 4.68 Å². The summed E-state index contributed by atoms with van der Waals surface area (Å²) in [6, 6.07) is 17.8. The average Bonchev–Trinajstić information content (AvgIpc) is 3.07. The maximum Gasteiger partial charge on any atom is 0.255 e. The van der Waals surface area contributed by atoms with Gasteiger partial charge in [-0.05, 0) is 79.8 Å². The Kier molecular flexibility index (Phi) is 5.78. The van der Waals surface area contributed by atoms with Crippen LogP contribution in [0.4, 0.5) is 5.69 Å². The second-order valence-corrected chi connectivity index (χ2v) is 9.62. The van der Waals surface area contributed by atoms with E-state index in [9.17, 15) is 4.79 Å². The first-order valence-electron chi connectivity index (χ1n) is 9.38. The maximum atomic E-state index is 12.7. The van der Waals surface area contributed by atoms with Crippen LogP contribution in [0.15, 0.2) is 54.6 Å². The van der Waals surface area contributed by atoms with Gasteiger partial charge in [-0.15, -0.1) is 23.5 Å². The van der Waals surface area contributed by atoms with Gasteiger partial charge in [0.1, 0.15) is 0 Å². The molecule has 0 spiro atoms. The van der Waals surface area contributed by atoms with Crippen LogP contribution >= 0.6 is 23.5 Å². The van der Waals surface area contributed by atoms with Crippen molar-refractivity contribution in [3.8, 4) is 5.69 Å². The first kappa shape index (κ1) is 19.2. The minimum atomic E-state index is -0.0963. The molecule has 1 fully saturated rings. The SMILES string of the molecule is Cc1cc(C)n(-c2ccc(C(=O)Nc3cccc(C4SCCCS4)c3)cc2)n1. The van der Waals surface area contributed by atoms with Crippen molar-refractivity contribution in [1.29, 1.82) is 0 Å². The quantitative estimate of drug-likeness (QED) is 0.608. The van der Waals surface area contributed by atoms with E-state index >= 15 is 0 Å². The molecule has 4 nitrogen and oxygen atoms in total. The molecule has 2 aromatic carbocycles. The summed E-state index contributed by atoms with van der Waals surface area (Å²) in [6.45, 7) is 4.00. The van der Waals surface area contributed by atoms with Gasteiger partial charge >= 0.3 is 0 Å². The predicted molar refractivity (Wildman–Crippen MR) is 120 cm³/mol. The van der Waals surface area contributed by atoms with E-state index in [2.05, 4.69) is 22.5 Å². The number of hydrogen-bond donors (Lipinski definition) is 1. The fourth-order valence-corrected chi connectivity index (χ4v) is 6.16. The standard InChI is InChI=1S/C22H23N3OS2/c1-15-13-16(2)25(24-15)20-9-7-17(8-10-20)21(26)23-19-6-3-5-18(14-19)22-27-11-4-12-28-22/h3,5-10,13-14,22H,4,11-12H2,1-2H3,(H,23,26). The minimum absolute atomic E-state index is 0.0963. The fraction of sp³-hybridized carbons (Fsp3) is 0.273. The third-order valence-electron chi connectivity index (χ3n) is 4.63. The van der Waals surface area contributed by atoms with Gasteiger partial charge in [0.25, 0.3) is 5.91 Å². The van der Waals surface area contributed by atoms with Crippen LogP contribution in [0, 0.1) is 13.8 Å². The van der Waals surface area contributed by atoms with Gasteiger partial charge in [0.15, 0.2) is 0 Å². The van der Waals surface area contributed by atoms with Crippen molar-refractivity contribution in [2.24, 2.45) is 0 Å². The molecule has 2 heterocycles. The number of amides is 1. The van der Waals surface area contributed by atoms with Crippen LogP contribution in [-0.2, 0) is 0 Å². The van der Waals surface area contributed by atoms with Gasteiger partial charge in [-0.3, -0.25) is 4.79 Å². The Balaban J connectivity index is 1.47. The summed E-state index contributed by atoms with van der Waals surface area (Å²) in [6.07, 6.45) is 1.27. The van der Waals surface area contributed by atoms with Crippen molar-refractivity contribution >= 4 is 35.1 Å². The van der Waals surface area contributed by atoms with Crippen molar-refractivity contribution < 1.29 is 4.79 Å². The number of anilines is 1. The lowest BCUT2D eigenvalue weighted by Crippen LogP contribution is -2.12. The Morgan fingerprint density at radius 3 is 2.50 bits per heavy atom. The molecule has 4 rings (SSSR count). The summed E-state index contributed by atoms with van der Waals surface area (Å²) in [7, 11) is 0. The number of benzene rings is 2. The van der Waals surface area contributed by atoms with E-state index in [4.69, 9.17) is 0 Å². The maximum absolute atomic E-state index is 12.7. The monoisotopic (exact) mass is 409 g/mol. The molecule has 1 aliphatic rings. The van der Waals surface area contributed by atoms with Crippen LogP contribution in [0.1, 0.15) is 38.3 Å². The lowest BCUT2D eigenvalue weighted by molar-refractivity contribution is 0.102. The number of aromatic nitrogens is 2. The molecule has 3 aromatic rings. The second kappa shape index (κ2) is 8.45. The summed E-state index contributed by atoms with van der Waals surface area (Å²) in [5.74, 6) is 2.31. The van der Waals surface area contributed by atoms with Crippen molar-refractivity contribution in [2.45, 2.75) is 24.9 Å². The second-order valence-electron chi connectivity index (χ2n) is 6.89. The molecule has 144 valence electrons. The van der Waals surface area contributed by atoms with Crippen LogP contribution in [0.3, 0.4) is 0 Å². The number of carbonyl (C=O) groups is 1. The molecule has 1 saturated heterocycles. The zero-order valence-electron chi connectivity index (χ0n) is 16.0. The summed E-state index contributed by atoms with van der Waals surface area (Å²) in [4.78, 5) is 12.7. The van der Waals surface area contributed by atoms with Crippen LogP contribution in [-0.4, -0.2) is 27.2 Å². The number of carbonyl (C=O) groups excluding carboxylic acids is 1. The largest absolute Gasteiger partial charge is 0.322 e. The Morgan fingerprint density at radius 2 is 1.82 bits per heavy atom. The van der Waals surface area contributed by atoms with Crippen LogP contribution in [0.2, 0.25) is 0 Å². The lowest BCUT2D eigenvalue weighted by Gasteiger charge is -2.21. The van der Waals surface area contributed by atoms with E-state index < -0.39 is 0 Å². The van der Waals surface area contributed by atoms with Gasteiger partial charge < -0.3 is 5.32 Å². The predicted octanol–water partition coefficient (Wildman–Crippen LogP) is 5.61. The molecule has 28 heavy (non-hydrogen) atoms. The first-order chi connectivity index (χ1) is 13.6. The minimum Gasteiger partial charge on any atom is -0.322 e. The normalized spacial score (nSPS) is 14.8. The number of aryl methyl sites for hydroxylation is 2. The number of rotatable bonds is 4. The highest BCUT2D eigenvalue weighted by Crippen LogP contribution is 2.44. The fourth-order valence-electron chi connectivity index (χ4n) is 3.29. The molecule has 0 radical (unpaired) electrons. The van der Waals surface area contributed by atoms with E-state index in [-0.39, 0.29) is 5.91 Å². The van der Waals surface area contributed by atoms with E-state index in [1.165, 1.54) is 23.5 Å². The smallest absolute Gasteiger partial charge is 0.255 e. The Labute approximate surface area is 174 Å². The molecular weight excluding hydrogens is 386 g/mol. The van der Waals surface area contributed by atoms with Crippen molar-refractivity contribution in [2.75, 3.05) is 16.8 Å². The highest BCUT2D eigenvalue weighted by atomic mass is 32.2. The van der Waals surface area contributed by atoms with E-state index in [0.29, 0.717) is 10.1 Å². The molecule has 1 aliphatic heterocycles. The van der Waals surface area contributed by atoms with Gasteiger partial charge in [0, 0.05) is 16.9 Å². The first-order valence-corrected chi connectivity index (χ1v) is 11.5. The molecule has 0 saturated carbocycles. The molecule has 6 heteroatoms. The highest BCUT2D eigenvalue weighted by Gasteiger charge is 2.17. The van der Waals surface area contributed by atoms with E-state index in [1.807, 2.05) is 84.5 Å². The molecule has 1 amide bonds.